The molecule has 0 aliphatic carbocycles. The van der Waals surface area contributed by atoms with Gasteiger partial charge >= 0.3 is 0 Å². The summed E-state index contributed by atoms with van der Waals surface area (Å²) in [7, 11) is 1.80. The standard InChI is InChI=1S/C16H24N2O/c1-19-12-16(13-6-3-2-4-7-13)18-10-14-8-5-9-17-15(14)11-18/h2-4,6-7,14-17H,5,8-12H2,1H3/t14-,15+,16?/m0/s1. The molecule has 2 aliphatic heterocycles. The zero-order valence-electron chi connectivity index (χ0n) is 11.7. The van der Waals surface area contributed by atoms with Crippen molar-refractivity contribution in [3.05, 3.63) is 35.9 Å². The van der Waals surface area contributed by atoms with E-state index in [1.807, 2.05) is 0 Å². The quantitative estimate of drug-likeness (QED) is 0.897. The molecule has 0 saturated carbocycles. The summed E-state index contributed by atoms with van der Waals surface area (Å²) in [6.45, 7) is 4.34. The molecule has 0 radical (unpaired) electrons. The third-order valence-corrected chi connectivity index (χ3v) is 4.58. The van der Waals surface area contributed by atoms with E-state index in [0.29, 0.717) is 12.1 Å². The van der Waals surface area contributed by atoms with Crippen molar-refractivity contribution in [3.63, 3.8) is 0 Å². The second kappa shape index (κ2) is 6.04. The van der Waals surface area contributed by atoms with E-state index < -0.39 is 0 Å². The number of ether oxygens (including phenoxy) is 1. The van der Waals surface area contributed by atoms with Gasteiger partial charge in [-0.25, -0.2) is 0 Å². The van der Waals surface area contributed by atoms with Crippen molar-refractivity contribution < 1.29 is 4.74 Å². The number of fused-ring (bicyclic) bond motifs is 1. The number of piperidine rings is 1. The third-order valence-electron chi connectivity index (χ3n) is 4.58. The van der Waals surface area contributed by atoms with Crippen LogP contribution in [0.4, 0.5) is 0 Å². The highest BCUT2D eigenvalue weighted by molar-refractivity contribution is 5.20. The Labute approximate surface area is 115 Å². The topological polar surface area (TPSA) is 24.5 Å². The molecular formula is C16H24N2O. The van der Waals surface area contributed by atoms with E-state index in [0.717, 1.165) is 19.1 Å². The SMILES string of the molecule is COCC(c1ccccc1)N1C[C@@H]2CCCN[C@@H]2C1. The van der Waals surface area contributed by atoms with Crippen molar-refractivity contribution in [2.45, 2.75) is 24.9 Å². The lowest BCUT2D eigenvalue weighted by Gasteiger charge is -2.27. The second-order valence-electron chi connectivity index (χ2n) is 5.80. The molecule has 0 spiro atoms. The third kappa shape index (κ3) is 2.83. The second-order valence-corrected chi connectivity index (χ2v) is 5.80. The first-order valence-corrected chi connectivity index (χ1v) is 7.40. The Hall–Kier alpha value is -0.900. The highest BCUT2D eigenvalue weighted by atomic mass is 16.5. The van der Waals surface area contributed by atoms with Gasteiger partial charge in [0.2, 0.25) is 0 Å². The van der Waals surface area contributed by atoms with Gasteiger partial charge in [0.1, 0.15) is 0 Å². The van der Waals surface area contributed by atoms with Gasteiger partial charge in [0.15, 0.2) is 0 Å². The molecule has 0 amide bonds. The Balaban J connectivity index is 1.74. The van der Waals surface area contributed by atoms with Gasteiger partial charge in [-0.15, -0.1) is 0 Å². The number of nitrogens with zero attached hydrogens (tertiary/aromatic N) is 1. The molecule has 2 saturated heterocycles. The number of rotatable bonds is 4. The summed E-state index contributed by atoms with van der Waals surface area (Å²) in [6.07, 6.45) is 2.71. The minimum absolute atomic E-state index is 0.401. The summed E-state index contributed by atoms with van der Waals surface area (Å²) in [5.41, 5.74) is 1.38. The molecule has 1 aromatic carbocycles. The molecule has 0 bridgehead atoms. The fraction of sp³-hybridized carbons (Fsp3) is 0.625. The van der Waals surface area contributed by atoms with Gasteiger partial charge in [0.25, 0.3) is 0 Å². The average molecular weight is 260 g/mol. The average Bonchev–Trinajstić information content (AvgIpc) is 2.89. The van der Waals surface area contributed by atoms with Crippen molar-refractivity contribution in [3.8, 4) is 0 Å². The van der Waals surface area contributed by atoms with Crippen molar-refractivity contribution in [1.29, 1.82) is 0 Å². The summed E-state index contributed by atoms with van der Waals surface area (Å²) in [4.78, 5) is 2.60. The Morgan fingerprint density at radius 3 is 2.89 bits per heavy atom. The summed E-state index contributed by atoms with van der Waals surface area (Å²) >= 11 is 0. The summed E-state index contributed by atoms with van der Waals surface area (Å²) in [5, 5.41) is 3.68. The van der Waals surface area contributed by atoms with Crippen molar-refractivity contribution in [2.75, 3.05) is 33.4 Å². The molecule has 104 valence electrons. The molecule has 1 unspecified atom stereocenters. The van der Waals surface area contributed by atoms with E-state index in [9.17, 15) is 0 Å². The van der Waals surface area contributed by atoms with Crippen molar-refractivity contribution in [1.82, 2.24) is 10.2 Å². The zero-order chi connectivity index (χ0) is 13.1. The van der Waals surface area contributed by atoms with Gasteiger partial charge in [0.05, 0.1) is 12.6 Å². The van der Waals surface area contributed by atoms with E-state index in [1.165, 1.54) is 31.5 Å². The van der Waals surface area contributed by atoms with E-state index in [4.69, 9.17) is 4.74 Å². The number of hydrogen-bond acceptors (Lipinski definition) is 3. The summed E-state index contributed by atoms with van der Waals surface area (Å²) < 4.78 is 5.46. The maximum Gasteiger partial charge on any atom is 0.0659 e. The van der Waals surface area contributed by atoms with Crippen LogP contribution >= 0.6 is 0 Å². The van der Waals surface area contributed by atoms with E-state index in [2.05, 4.69) is 40.5 Å². The monoisotopic (exact) mass is 260 g/mol. The van der Waals surface area contributed by atoms with E-state index >= 15 is 0 Å². The molecule has 3 heteroatoms. The Morgan fingerprint density at radius 1 is 1.32 bits per heavy atom. The maximum atomic E-state index is 5.46. The van der Waals surface area contributed by atoms with E-state index in [-0.39, 0.29) is 0 Å². The first-order valence-electron chi connectivity index (χ1n) is 7.40. The summed E-state index contributed by atoms with van der Waals surface area (Å²) in [6, 6.07) is 11.9. The lowest BCUT2D eigenvalue weighted by molar-refractivity contribution is 0.102. The first kappa shape index (κ1) is 13.1. The normalized spacial score (nSPS) is 29.1. The molecule has 3 rings (SSSR count). The van der Waals surface area contributed by atoms with Gasteiger partial charge in [-0.05, 0) is 30.9 Å². The number of likely N-dealkylation sites (tertiary alicyclic amines) is 1. The molecule has 2 aliphatic rings. The van der Waals surface area contributed by atoms with Crippen LogP contribution in [0, 0.1) is 5.92 Å². The number of nitrogens with one attached hydrogen (secondary N) is 1. The first-order chi connectivity index (χ1) is 9.38. The largest absolute Gasteiger partial charge is 0.383 e. The molecule has 2 heterocycles. The predicted octanol–water partition coefficient (Wildman–Crippen LogP) is 2.06. The van der Waals surface area contributed by atoms with E-state index in [1.54, 1.807) is 7.11 Å². The molecule has 1 aromatic rings. The van der Waals surface area contributed by atoms with Crippen LogP contribution in [0.5, 0.6) is 0 Å². The Morgan fingerprint density at radius 2 is 2.16 bits per heavy atom. The van der Waals surface area contributed by atoms with Crippen LogP contribution in [0.15, 0.2) is 30.3 Å². The van der Waals surface area contributed by atoms with Gasteiger partial charge in [-0.1, -0.05) is 30.3 Å². The maximum absolute atomic E-state index is 5.46. The van der Waals surface area contributed by atoms with Crippen LogP contribution < -0.4 is 5.32 Å². The zero-order valence-corrected chi connectivity index (χ0v) is 11.7. The van der Waals surface area contributed by atoms with Crippen molar-refractivity contribution in [2.24, 2.45) is 5.92 Å². The van der Waals surface area contributed by atoms with Crippen molar-refractivity contribution >= 4 is 0 Å². The fourth-order valence-electron chi connectivity index (χ4n) is 3.58. The molecule has 2 fully saturated rings. The Bertz CT molecular complexity index is 381. The van der Waals surface area contributed by atoms with Gasteiger partial charge in [0, 0.05) is 26.2 Å². The van der Waals surface area contributed by atoms with Crippen LogP contribution in [0.25, 0.3) is 0 Å². The van der Waals surface area contributed by atoms with Crippen LogP contribution in [-0.2, 0) is 4.74 Å². The number of hydrogen-bond donors (Lipinski definition) is 1. The molecule has 19 heavy (non-hydrogen) atoms. The highest BCUT2D eigenvalue weighted by Crippen LogP contribution is 2.31. The molecular weight excluding hydrogens is 236 g/mol. The summed E-state index contributed by atoms with van der Waals surface area (Å²) in [5.74, 6) is 0.830. The van der Waals surface area contributed by atoms with Gasteiger partial charge in [-0.3, -0.25) is 4.90 Å². The molecule has 1 N–H and O–H groups in total. The molecule has 3 nitrogen and oxygen atoms in total. The van der Waals surface area contributed by atoms with Crippen LogP contribution in [-0.4, -0.2) is 44.3 Å². The molecule has 3 atom stereocenters. The fourth-order valence-corrected chi connectivity index (χ4v) is 3.58. The lowest BCUT2D eigenvalue weighted by atomic mass is 9.94. The van der Waals surface area contributed by atoms with Gasteiger partial charge in [-0.2, -0.15) is 0 Å². The van der Waals surface area contributed by atoms with Crippen LogP contribution in [0.2, 0.25) is 0 Å². The minimum Gasteiger partial charge on any atom is -0.383 e. The van der Waals surface area contributed by atoms with Gasteiger partial charge < -0.3 is 10.1 Å². The van der Waals surface area contributed by atoms with Crippen LogP contribution in [0.3, 0.4) is 0 Å². The van der Waals surface area contributed by atoms with Crippen LogP contribution in [0.1, 0.15) is 24.4 Å². The lowest BCUT2D eigenvalue weighted by Crippen LogP contribution is -2.41. The Kier molecular flexibility index (Phi) is 4.16. The smallest absolute Gasteiger partial charge is 0.0659 e. The predicted molar refractivity (Wildman–Crippen MR) is 77.1 cm³/mol. The minimum atomic E-state index is 0.401. The number of methoxy groups -OCH3 is 1. The highest BCUT2D eigenvalue weighted by Gasteiger charge is 2.37. The number of benzene rings is 1. The molecule has 0 aromatic heterocycles.